The minimum Gasteiger partial charge on any atom is -0.389 e. The van der Waals surface area contributed by atoms with Crippen molar-refractivity contribution in [2.45, 2.75) is 4.90 Å². The maximum absolute atomic E-state index is 10.7. The first-order chi connectivity index (χ1) is 8.91. The molecule has 19 heavy (non-hydrogen) atoms. The molecule has 0 aliphatic rings. The van der Waals surface area contributed by atoms with Crippen molar-refractivity contribution in [1.82, 2.24) is 4.98 Å². The van der Waals surface area contributed by atoms with Gasteiger partial charge in [-0.05, 0) is 24.3 Å². The van der Waals surface area contributed by atoms with Gasteiger partial charge in [-0.2, -0.15) is 8.42 Å². The van der Waals surface area contributed by atoms with Crippen molar-refractivity contribution in [3.63, 3.8) is 0 Å². The number of pyridine rings is 1. The molecule has 0 fully saturated rings. The Labute approximate surface area is 116 Å². The Balaban J connectivity index is 0.000000250. The van der Waals surface area contributed by atoms with Gasteiger partial charge in [0.2, 0.25) is 0 Å². The molecule has 0 aliphatic carbocycles. The first-order valence-electron chi connectivity index (χ1n) is 5.13. The van der Waals surface area contributed by atoms with Crippen molar-refractivity contribution >= 4 is 27.3 Å². The molecular weight excluding hydrogens is 284 g/mol. The van der Waals surface area contributed by atoms with Gasteiger partial charge in [-0.3, -0.25) is 9.54 Å². The number of rotatable bonds is 2. The Morgan fingerprint density at radius 2 is 1.79 bits per heavy atom. The van der Waals surface area contributed by atoms with E-state index >= 15 is 0 Å². The summed E-state index contributed by atoms with van der Waals surface area (Å²) in [4.78, 5) is 3.66. The van der Waals surface area contributed by atoms with Gasteiger partial charge in [-0.25, -0.2) is 0 Å². The van der Waals surface area contributed by atoms with Gasteiger partial charge >= 0.3 is 0 Å². The monoisotopic (exact) mass is 296 g/mol. The molecule has 0 radical (unpaired) electrons. The van der Waals surface area contributed by atoms with E-state index in [0.717, 1.165) is 0 Å². The zero-order valence-electron chi connectivity index (χ0n) is 9.80. The normalized spacial score (nSPS) is 10.2. The second kappa shape index (κ2) is 6.93. The second-order valence-corrected chi connectivity index (χ2v) is 5.25. The maximum Gasteiger partial charge on any atom is 0.294 e. The van der Waals surface area contributed by atoms with E-state index in [-0.39, 0.29) is 9.88 Å². The van der Waals surface area contributed by atoms with Crippen molar-refractivity contribution in [3.05, 3.63) is 60.4 Å². The summed E-state index contributed by atoms with van der Waals surface area (Å²) < 4.78 is 30.0. The summed E-state index contributed by atoms with van der Waals surface area (Å²) in [6.07, 6.45) is 3.50. The van der Waals surface area contributed by atoms with Crippen LogP contribution in [0.25, 0.3) is 0 Å². The fourth-order valence-electron chi connectivity index (χ4n) is 1.12. The first-order valence-corrected chi connectivity index (χ1v) is 6.98. The van der Waals surface area contributed by atoms with Gasteiger partial charge in [0.1, 0.15) is 4.99 Å². The highest BCUT2D eigenvalue weighted by Gasteiger charge is 2.09. The molecule has 1 aromatic heterocycles. The van der Waals surface area contributed by atoms with Gasteiger partial charge in [0, 0.05) is 18.0 Å². The van der Waals surface area contributed by atoms with E-state index in [1.165, 1.54) is 18.2 Å². The van der Waals surface area contributed by atoms with Crippen LogP contribution >= 0.6 is 12.2 Å². The number of aromatic nitrogens is 1. The van der Waals surface area contributed by atoms with Gasteiger partial charge in [-0.15, -0.1) is 0 Å². The van der Waals surface area contributed by atoms with E-state index in [2.05, 4.69) is 17.2 Å². The van der Waals surface area contributed by atoms with E-state index < -0.39 is 10.1 Å². The molecule has 5 nitrogen and oxygen atoms in total. The fourth-order valence-corrected chi connectivity index (χ4v) is 1.78. The van der Waals surface area contributed by atoms with Crippen LogP contribution in [0.3, 0.4) is 0 Å². The predicted octanol–water partition coefficient (Wildman–Crippen LogP) is 1.65. The van der Waals surface area contributed by atoms with E-state index in [1.807, 2.05) is 18.2 Å². The van der Waals surface area contributed by atoms with Crippen LogP contribution in [0.2, 0.25) is 0 Å². The number of nitrogens with zero attached hydrogens (tertiary/aromatic N) is 1. The largest absolute Gasteiger partial charge is 0.389 e. The summed E-state index contributed by atoms with van der Waals surface area (Å²) in [6.45, 7) is 0. The fraction of sp³-hybridized carbons (Fsp3) is 0. The molecule has 0 atom stereocenters. The predicted molar refractivity (Wildman–Crippen MR) is 76.4 cm³/mol. The SMILES string of the molecule is NC(=S)c1cccc(S(=O)(=O)O)c1.c1ccncc1. The molecule has 0 unspecified atom stereocenters. The van der Waals surface area contributed by atoms with Crippen LogP contribution in [0.4, 0.5) is 0 Å². The number of thiocarbonyl (C=S) groups is 1. The Morgan fingerprint density at radius 3 is 2.16 bits per heavy atom. The molecule has 1 aromatic carbocycles. The number of hydrogen-bond donors (Lipinski definition) is 2. The third-order valence-corrected chi connectivity index (χ3v) is 3.07. The van der Waals surface area contributed by atoms with Crippen LogP contribution < -0.4 is 5.73 Å². The van der Waals surface area contributed by atoms with Crippen molar-refractivity contribution in [2.24, 2.45) is 5.73 Å². The zero-order valence-corrected chi connectivity index (χ0v) is 11.4. The van der Waals surface area contributed by atoms with Gasteiger partial charge in [0.05, 0.1) is 4.90 Å². The second-order valence-electron chi connectivity index (χ2n) is 3.39. The zero-order chi connectivity index (χ0) is 14.3. The highest BCUT2D eigenvalue weighted by molar-refractivity contribution is 7.85. The highest BCUT2D eigenvalue weighted by atomic mass is 32.2. The number of nitrogens with two attached hydrogens (primary N) is 1. The molecule has 0 aliphatic heterocycles. The smallest absolute Gasteiger partial charge is 0.294 e. The average Bonchev–Trinajstić information content (AvgIpc) is 2.40. The summed E-state index contributed by atoms with van der Waals surface area (Å²) in [6, 6.07) is 11.2. The van der Waals surface area contributed by atoms with Crippen LogP contribution in [0.15, 0.2) is 59.8 Å². The van der Waals surface area contributed by atoms with Crippen molar-refractivity contribution in [3.8, 4) is 0 Å². The average molecular weight is 296 g/mol. The lowest BCUT2D eigenvalue weighted by molar-refractivity contribution is 0.483. The summed E-state index contributed by atoms with van der Waals surface area (Å²) in [5.41, 5.74) is 5.69. The molecule has 0 saturated heterocycles. The highest BCUT2D eigenvalue weighted by Crippen LogP contribution is 2.10. The standard InChI is InChI=1S/C7H7NO3S2.C5H5N/c8-7(12)5-2-1-3-6(4-5)13(9,10)11;1-2-4-6-5-3-1/h1-4H,(H2,8,12)(H,9,10,11);1-5H. The quantitative estimate of drug-likeness (QED) is 0.646. The van der Waals surface area contributed by atoms with Gasteiger partial charge in [0.15, 0.2) is 0 Å². The van der Waals surface area contributed by atoms with Crippen LogP contribution in [0.5, 0.6) is 0 Å². The first kappa shape index (κ1) is 15.2. The van der Waals surface area contributed by atoms with Crippen LogP contribution in [0, 0.1) is 0 Å². The summed E-state index contributed by atoms with van der Waals surface area (Å²) in [5.74, 6) is 0. The molecule has 7 heteroatoms. The molecule has 0 amide bonds. The van der Waals surface area contributed by atoms with Crippen molar-refractivity contribution in [2.75, 3.05) is 0 Å². The number of hydrogen-bond acceptors (Lipinski definition) is 4. The Bertz CT molecular complexity index is 616. The lowest BCUT2D eigenvalue weighted by Crippen LogP contribution is -2.10. The maximum atomic E-state index is 10.7. The van der Waals surface area contributed by atoms with Gasteiger partial charge in [0.25, 0.3) is 10.1 Å². The van der Waals surface area contributed by atoms with Crippen molar-refractivity contribution in [1.29, 1.82) is 0 Å². The number of benzene rings is 1. The van der Waals surface area contributed by atoms with Crippen LogP contribution in [-0.4, -0.2) is 22.9 Å². The third-order valence-electron chi connectivity index (χ3n) is 1.98. The van der Waals surface area contributed by atoms with E-state index in [0.29, 0.717) is 5.56 Å². The molecule has 100 valence electrons. The lowest BCUT2D eigenvalue weighted by Gasteiger charge is -2.00. The van der Waals surface area contributed by atoms with E-state index in [1.54, 1.807) is 18.5 Å². The third kappa shape index (κ3) is 5.56. The molecule has 0 saturated carbocycles. The molecule has 0 bridgehead atoms. The van der Waals surface area contributed by atoms with Gasteiger partial charge < -0.3 is 5.73 Å². The summed E-state index contributed by atoms with van der Waals surface area (Å²) in [7, 11) is -4.17. The van der Waals surface area contributed by atoms with E-state index in [4.69, 9.17) is 10.3 Å². The molecule has 0 spiro atoms. The minimum absolute atomic E-state index is 0.0884. The summed E-state index contributed by atoms with van der Waals surface area (Å²) >= 11 is 4.65. The summed E-state index contributed by atoms with van der Waals surface area (Å²) in [5, 5.41) is 0. The lowest BCUT2D eigenvalue weighted by atomic mass is 10.2. The van der Waals surface area contributed by atoms with Crippen LogP contribution in [-0.2, 0) is 10.1 Å². The van der Waals surface area contributed by atoms with Gasteiger partial charge in [-0.1, -0.05) is 30.4 Å². The molecular formula is C12H12N2O3S2. The van der Waals surface area contributed by atoms with E-state index in [9.17, 15) is 8.42 Å². The minimum atomic E-state index is -4.17. The topological polar surface area (TPSA) is 93.3 Å². The molecule has 3 N–H and O–H groups in total. The van der Waals surface area contributed by atoms with Crippen molar-refractivity contribution < 1.29 is 13.0 Å². The molecule has 1 heterocycles. The van der Waals surface area contributed by atoms with Crippen LogP contribution in [0.1, 0.15) is 5.56 Å². The Hall–Kier alpha value is -1.83. The molecule has 2 rings (SSSR count). The Kier molecular flexibility index (Phi) is 5.56. The molecule has 2 aromatic rings. The Morgan fingerprint density at radius 1 is 1.16 bits per heavy atom.